The first-order chi connectivity index (χ1) is 12.4. The van der Waals surface area contributed by atoms with Gasteiger partial charge in [-0.15, -0.1) is 11.3 Å². The lowest BCUT2D eigenvalue weighted by atomic mass is 10.1. The highest BCUT2D eigenvalue weighted by molar-refractivity contribution is 7.12. The molecule has 0 radical (unpaired) electrons. The fraction of sp³-hybridized carbons (Fsp3) is 0.316. The Balaban J connectivity index is 1.78. The van der Waals surface area contributed by atoms with E-state index in [9.17, 15) is 14.4 Å². The minimum Gasteiger partial charge on any atom is -0.497 e. The number of rotatable bonds is 4. The fourth-order valence-electron chi connectivity index (χ4n) is 3.08. The molecular formula is C19H20N2O4S. The summed E-state index contributed by atoms with van der Waals surface area (Å²) in [5, 5.41) is 1.67. The van der Waals surface area contributed by atoms with Gasteiger partial charge in [-0.3, -0.25) is 14.4 Å². The van der Waals surface area contributed by atoms with Crippen molar-refractivity contribution in [1.82, 2.24) is 4.90 Å². The van der Waals surface area contributed by atoms with Crippen molar-refractivity contribution in [2.45, 2.75) is 19.9 Å². The first-order valence-electron chi connectivity index (χ1n) is 8.25. The van der Waals surface area contributed by atoms with Gasteiger partial charge in [0.15, 0.2) is 5.78 Å². The van der Waals surface area contributed by atoms with E-state index in [4.69, 9.17) is 4.74 Å². The Morgan fingerprint density at radius 3 is 2.65 bits per heavy atom. The average Bonchev–Trinajstić information content (AvgIpc) is 3.11. The molecule has 1 aliphatic rings. The molecule has 26 heavy (non-hydrogen) atoms. The number of carbonyl (C=O) groups excluding carboxylic acids is 3. The van der Waals surface area contributed by atoms with E-state index >= 15 is 0 Å². The second-order valence-electron chi connectivity index (χ2n) is 6.26. The van der Waals surface area contributed by atoms with Crippen LogP contribution < -0.4 is 9.64 Å². The highest BCUT2D eigenvalue weighted by Crippen LogP contribution is 2.26. The van der Waals surface area contributed by atoms with Crippen molar-refractivity contribution in [2.75, 3.05) is 25.1 Å². The minimum atomic E-state index is -0.223. The molecule has 1 saturated heterocycles. The number of anilines is 1. The van der Waals surface area contributed by atoms with Crippen LogP contribution in [0, 0.1) is 0 Å². The van der Waals surface area contributed by atoms with Crippen molar-refractivity contribution in [2.24, 2.45) is 0 Å². The molecule has 7 heteroatoms. The van der Waals surface area contributed by atoms with Crippen LogP contribution in [0.3, 0.4) is 0 Å². The van der Waals surface area contributed by atoms with Gasteiger partial charge in [0.05, 0.1) is 23.6 Å². The molecule has 1 unspecified atom stereocenters. The maximum absolute atomic E-state index is 12.7. The lowest BCUT2D eigenvalue weighted by Gasteiger charge is -2.39. The van der Waals surface area contributed by atoms with Gasteiger partial charge in [0.1, 0.15) is 12.3 Å². The van der Waals surface area contributed by atoms with Gasteiger partial charge < -0.3 is 14.5 Å². The zero-order valence-corrected chi connectivity index (χ0v) is 15.7. The number of thiophene rings is 1. The molecule has 0 aliphatic carbocycles. The molecule has 1 atom stereocenters. The SMILES string of the molecule is COc1cccc(N2C(=O)CN(C(=O)c3csc(C(C)=O)c3)CC2C)c1. The number of benzene rings is 1. The summed E-state index contributed by atoms with van der Waals surface area (Å²) in [4.78, 5) is 40.6. The zero-order valence-electron chi connectivity index (χ0n) is 14.9. The van der Waals surface area contributed by atoms with Crippen molar-refractivity contribution >= 4 is 34.6 Å². The number of ketones is 1. The number of ether oxygens (including phenoxy) is 1. The first-order valence-corrected chi connectivity index (χ1v) is 9.13. The molecule has 0 bridgehead atoms. The summed E-state index contributed by atoms with van der Waals surface area (Å²) < 4.78 is 5.23. The van der Waals surface area contributed by atoms with Gasteiger partial charge in [0, 0.05) is 23.7 Å². The Labute approximate surface area is 156 Å². The smallest absolute Gasteiger partial charge is 0.255 e. The molecule has 3 rings (SSSR count). The van der Waals surface area contributed by atoms with Crippen LogP contribution in [0.5, 0.6) is 5.75 Å². The number of methoxy groups -OCH3 is 1. The summed E-state index contributed by atoms with van der Waals surface area (Å²) in [6, 6.07) is 8.75. The fourth-order valence-corrected chi connectivity index (χ4v) is 3.86. The van der Waals surface area contributed by atoms with Gasteiger partial charge in [-0.05, 0) is 32.0 Å². The Morgan fingerprint density at radius 1 is 1.27 bits per heavy atom. The van der Waals surface area contributed by atoms with Crippen LogP contribution in [-0.4, -0.2) is 48.7 Å². The highest BCUT2D eigenvalue weighted by Gasteiger charge is 2.34. The van der Waals surface area contributed by atoms with Crippen LogP contribution in [0.15, 0.2) is 35.7 Å². The van der Waals surface area contributed by atoms with Gasteiger partial charge >= 0.3 is 0 Å². The summed E-state index contributed by atoms with van der Waals surface area (Å²) in [7, 11) is 1.58. The van der Waals surface area contributed by atoms with Gasteiger partial charge in [-0.25, -0.2) is 0 Å². The predicted octanol–water partition coefficient (Wildman–Crippen LogP) is 2.84. The second kappa shape index (κ2) is 7.29. The average molecular weight is 372 g/mol. The van der Waals surface area contributed by atoms with Crippen LogP contribution >= 0.6 is 11.3 Å². The lowest BCUT2D eigenvalue weighted by Crippen LogP contribution is -2.57. The second-order valence-corrected chi connectivity index (χ2v) is 7.17. The Hall–Kier alpha value is -2.67. The van der Waals surface area contributed by atoms with E-state index < -0.39 is 0 Å². The summed E-state index contributed by atoms with van der Waals surface area (Å²) >= 11 is 1.25. The molecule has 1 aromatic carbocycles. The molecule has 0 spiro atoms. The van der Waals surface area contributed by atoms with Crippen molar-refractivity contribution in [3.63, 3.8) is 0 Å². The maximum Gasteiger partial charge on any atom is 0.255 e. The molecule has 2 amide bonds. The van der Waals surface area contributed by atoms with E-state index in [0.717, 1.165) is 5.69 Å². The van der Waals surface area contributed by atoms with E-state index in [0.29, 0.717) is 22.7 Å². The summed E-state index contributed by atoms with van der Waals surface area (Å²) in [5.74, 6) is 0.240. The molecule has 1 aliphatic heterocycles. The largest absolute Gasteiger partial charge is 0.497 e. The van der Waals surface area contributed by atoms with E-state index in [1.165, 1.54) is 23.2 Å². The molecular weight excluding hydrogens is 352 g/mol. The van der Waals surface area contributed by atoms with Crippen molar-refractivity contribution in [3.05, 3.63) is 46.2 Å². The van der Waals surface area contributed by atoms with Crippen LogP contribution in [-0.2, 0) is 4.79 Å². The normalized spacial score (nSPS) is 17.3. The molecule has 136 valence electrons. The van der Waals surface area contributed by atoms with Crippen molar-refractivity contribution < 1.29 is 19.1 Å². The standard InChI is InChI=1S/C19H20N2O4S/c1-12-9-20(19(24)14-7-17(13(2)22)26-11-14)10-18(23)21(12)15-5-4-6-16(8-15)25-3/h4-8,11-12H,9-10H2,1-3H3. The molecule has 6 nitrogen and oxygen atoms in total. The van der Waals surface area contributed by atoms with Gasteiger partial charge in [-0.1, -0.05) is 6.07 Å². The number of amides is 2. The Bertz CT molecular complexity index is 861. The third kappa shape index (κ3) is 3.48. The summed E-state index contributed by atoms with van der Waals surface area (Å²) in [6.45, 7) is 3.81. The van der Waals surface area contributed by atoms with E-state index in [1.54, 1.807) is 23.5 Å². The Morgan fingerprint density at radius 2 is 2.04 bits per heavy atom. The van der Waals surface area contributed by atoms with Crippen molar-refractivity contribution in [1.29, 1.82) is 0 Å². The Kier molecular flexibility index (Phi) is 5.08. The number of Topliss-reactive ketones (excluding diaryl/α,β-unsaturated/α-hetero) is 1. The monoisotopic (exact) mass is 372 g/mol. The predicted molar refractivity (Wildman–Crippen MR) is 100 cm³/mol. The molecule has 0 saturated carbocycles. The highest BCUT2D eigenvalue weighted by atomic mass is 32.1. The number of hydrogen-bond acceptors (Lipinski definition) is 5. The maximum atomic E-state index is 12.7. The summed E-state index contributed by atoms with van der Waals surface area (Å²) in [5.41, 5.74) is 1.21. The third-order valence-corrected chi connectivity index (χ3v) is 5.36. The number of piperazine rings is 1. The topological polar surface area (TPSA) is 66.9 Å². The number of carbonyl (C=O) groups is 3. The number of hydrogen-bond donors (Lipinski definition) is 0. The molecule has 2 aromatic rings. The van der Waals surface area contributed by atoms with Crippen LogP contribution in [0.25, 0.3) is 0 Å². The lowest BCUT2D eigenvalue weighted by molar-refractivity contribution is -0.121. The quantitative estimate of drug-likeness (QED) is 0.774. The van der Waals surface area contributed by atoms with Crippen LogP contribution in [0.1, 0.15) is 33.9 Å². The minimum absolute atomic E-state index is 0.00559. The van der Waals surface area contributed by atoms with E-state index in [1.807, 2.05) is 31.2 Å². The molecule has 0 N–H and O–H groups in total. The zero-order chi connectivity index (χ0) is 18.8. The van der Waals surface area contributed by atoms with Crippen molar-refractivity contribution in [3.8, 4) is 5.75 Å². The van der Waals surface area contributed by atoms with Crippen LogP contribution in [0.2, 0.25) is 0 Å². The van der Waals surface area contributed by atoms with E-state index in [2.05, 4.69) is 0 Å². The third-order valence-electron chi connectivity index (χ3n) is 4.33. The molecule has 1 aromatic heterocycles. The molecule has 1 fully saturated rings. The number of nitrogens with zero attached hydrogens (tertiary/aromatic N) is 2. The van der Waals surface area contributed by atoms with E-state index in [-0.39, 0.29) is 30.2 Å². The first kappa shape index (κ1) is 18.1. The summed E-state index contributed by atoms with van der Waals surface area (Å²) in [6.07, 6.45) is 0. The van der Waals surface area contributed by atoms with Gasteiger partial charge in [-0.2, -0.15) is 0 Å². The molecule has 2 heterocycles. The van der Waals surface area contributed by atoms with Gasteiger partial charge in [0.25, 0.3) is 5.91 Å². The van der Waals surface area contributed by atoms with Crippen LogP contribution in [0.4, 0.5) is 5.69 Å². The van der Waals surface area contributed by atoms with Gasteiger partial charge in [0.2, 0.25) is 5.91 Å².